The molecule has 0 aliphatic rings. The summed E-state index contributed by atoms with van der Waals surface area (Å²) in [6.07, 6.45) is 0. The van der Waals surface area contributed by atoms with Gasteiger partial charge in [-0.15, -0.1) is 5.92 Å². The highest BCUT2D eigenvalue weighted by molar-refractivity contribution is 5.33. The standard InChI is InChI=1S/C9H6F/c1-2-4-8-5-3-6-9(10)7-8/h3,5,7H,1H3. The fourth-order valence-corrected chi connectivity index (χ4v) is 0.659. The van der Waals surface area contributed by atoms with Crippen molar-refractivity contribution in [2.75, 3.05) is 0 Å². The van der Waals surface area contributed by atoms with Crippen LogP contribution in [0.1, 0.15) is 12.5 Å². The van der Waals surface area contributed by atoms with Gasteiger partial charge in [-0.25, -0.2) is 4.39 Å². The van der Waals surface area contributed by atoms with Gasteiger partial charge in [0.15, 0.2) is 0 Å². The smallest absolute Gasteiger partial charge is 0.132 e. The molecule has 0 fully saturated rings. The van der Waals surface area contributed by atoms with E-state index >= 15 is 0 Å². The predicted molar refractivity (Wildman–Crippen MR) is 37.8 cm³/mol. The van der Waals surface area contributed by atoms with Crippen LogP contribution in [0.15, 0.2) is 18.2 Å². The predicted octanol–water partition coefficient (Wildman–Crippen LogP) is 2.00. The molecule has 0 aromatic heterocycles. The summed E-state index contributed by atoms with van der Waals surface area (Å²) in [6, 6.07) is 7.00. The molecular weight excluding hydrogens is 127 g/mol. The van der Waals surface area contributed by atoms with Gasteiger partial charge in [-0.1, -0.05) is 12.0 Å². The van der Waals surface area contributed by atoms with E-state index in [2.05, 4.69) is 17.9 Å². The number of benzene rings is 1. The van der Waals surface area contributed by atoms with Gasteiger partial charge in [0.05, 0.1) is 0 Å². The molecule has 0 saturated carbocycles. The normalized spacial score (nSPS) is 8.20. The van der Waals surface area contributed by atoms with Crippen molar-refractivity contribution in [2.24, 2.45) is 0 Å². The van der Waals surface area contributed by atoms with Crippen LogP contribution in [-0.2, 0) is 0 Å². The van der Waals surface area contributed by atoms with E-state index in [4.69, 9.17) is 0 Å². The molecule has 0 aliphatic carbocycles. The molecule has 0 nitrogen and oxygen atoms in total. The molecule has 1 aromatic rings. The molecule has 1 aromatic carbocycles. The van der Waals surface area contributed by atoms with Crippen LogP contribution in [0.2, 0.25) is 0 Å². The van der Waals surface area contributed by atoms with Gasteiger partial charge in [-0.3, -0.25) is 0 Å². The van der Waals surface area contributed by atoms with Crippen LogP contribution in [0.4, 0.5) is 4.39 Å². The molecule has 0 amide bonds. The molecule has 0 saturated heterocycles. The quantitative estimate of drug-likeness (QED) is 0.475. The third-order valence-electron chi connectivity index (χ3n) is 1.04. The summed E-state index contributed by atoms with van der Waals surface area (Å²) in [6.45, 7) is 1.72. The molecule has 1 rings (SSSR count). The average Bonchev–Trinajstić information content (AvgIpc) is 1.88. The molecule has 0 unspecified atom stereocenters. The fraction of sp³-hybridized carbons (Fsp3) is 0.111. The van der Waals surface area contributed by atoms with Gasteiger partial charge in [0.1, 0.15) is 5.82 Å². The lowest BCUT2D eigenvalue weighted by molar-refractivity contribution is 0.625. The van der Waals surface area contributed by atoms with Crippen molar-refractivity contribution in [2.45, 2.75) is 6.92 Å². The van der Waals surface area contributed by atoms with Gasteiger partial charge < -0.3 is 0 Å². The van der Waals surface area contributed by atoms with E-state index in [9.17, 15) is 4.39 Å². The summed E-state index contributed by atoms with van der Waals surface area (Å²) in [5, 5.41) is 0. The minimum atomic E-state index is -0.361. The Balaban J connectivity index is 3.03. The second-order valence-electron chi connectivity index (χ2n) is 1.80. The maximum atomic E-state index is 12.4. The molecule has 0 bridgehead atoms. The van der Waals surface area contributed by atoms with Crippen LogP contribution in [0.25, 0.3) is 0 Å². The van der Waals surface area contributed by atoms with Gasteiger partial charge in [0.2, 0.25) is 0 Å². The van der Waals surface area contributed by atoms with Gasteiger partial charge >= 0.3 is 0 Å². The van der Waals surface area contributed by atoms with E-state index in [1.165, 1.54) is 12.1 Å². The zero-order valence-electron chi connectivity index (χ0n) is 5.61. The molecule has 1 heteroatoms. The van der Waals surface area contributed by atoms with Crippen LogP contribution in [0, 0.1) is 23.7 Å². The van der Waals surface area contributed by atoms with Crippen molar-refractivity contribution in [3.8, 4) is 11.8 Å². The second-order valence-corrected chi connectivity index (χ2v) is 1.80. The first-order valence-corrected chi connectivity index (χ1v) is 2.93. The number of hydrogen-bond donors (Lipinski definition) is 0. The first-order valence-electron chi connectivity index (χ1n) is 2.93. The van der Waals surface area contributed by atoms with E-state index in [0.717, 1.165) is 0 Å². The Hall–Kier alpha value is -1.29. The van der Waals surface area contributed by atoms with Crippen LogP contribution in [0.5, 0.6) is 0 Å². The van der Waals surface area contributed by atoms with Crippen LogP contribution >= 0.6 is 0 Å². The minimum Gasteiger partial charge on any atom is -0.206 e. The highest BCUT2D eigenvalue weighted by atomic mass is 19.1. The van der Waals surface area contributed by atoms with Crippen molar-refractivity contribution in [1.29, 1.82) is 0 Å². The highest BCUT2D eigenvalue weighted by Crippen LogP contribution is 1.99. The van der Waals surface area contributed by atoms with Crippen molar-refractivity contribution in [1.82, 2.24) is 0 Å². The minimum absolute atomic E-state index is 0.361. The lowest BCUT2D eigenvalue weighted by Crippen LogP contribution is -1.76. The Kier molecular flexibility index (Phi) is 2.07. The number of rotatable bonds is 0. The van der Waals surface area contributed by atoms with E-state index in [1.54, 1.807) is 13.0 Å². The van der Waals surface area contributed by atoms with Crippen molar-refractivity contribution in [3.05, 3.63) is 35.6 Å². The largest absolute Gasteiger partial charge is 0.206 e. The van der Waals surface area contributed by atoms with Crippen LogP contribution in [0.3, 0.4) is 0 Å². The third-order valence-corrected chi connectivity index (χ3v) is 1.04. The van der Waals surface area contributed by atoms with Crippen molar-refractivity contribution >= 4 is 0 Å². The molecule has 0 spiro atoms. The Morgan fingerprint density at radius 3 is 3.00 bits per heavy atom. The highest BCUT2D eigenvalue weighted by Gasteiger charge is 1.88. The van der Waals surface area contributed by atoms with Crippen molar-refractivity contribution < 1.29 is 4.39 Å². The van der Waals surface area contributed by atoms with Gasteiger partial charge in [-0.05, 0) is 19.1 Å². The fourth-order valence-electron chi connectivity index (χ4n) is 0.659. The van der Waals surface area contributed by atoms with Crippen LogP contribution in [-0.4, -0.2) is 0 Å². The third kappa shape index (κ3) is 1.60. The Bertz CT molecular complexity index is 278. The Morgan fingerprint density at radius 1 is 1.60 bits per heavy atom. The number of hydrogen-bond acceptors (Lipinski definition) is 0. The second kappa shape index (κ2) is 3.03. The van der Waals surface area contributed by atoms with Gasteiger partial charge in [0, 0.05) is 11.6 Å². The molecule has 10 heavy (non-hydrogen) atoms. The molecule has 0 atom stereocenters. The van der Waals surface area contributed by atoms with Crippen LogP contribution < -0.4 is 0 Å². The zero-order valence-corrected chi connectivity index (χ0v) is 5.61. The van der Waals surface area contributed by atoms with Gasteiger partial charge in [-0.2, -0.15) is 0 Å². The van der Waals surface area contributed by atoms with E-state index in [0.29, 0.717) is 5.56 Å². The topological polar surface area (TPSA) is 0 Å². The summed E-state index contributed by atoms with van der Waals surface area (Å²) >= 11 is 0. The first kappa shape index (κ1) is 6.82. The lowest BCUT2D eigenvalue weighted by Gasteiger charge is -1.87. The maximum absolute atomic E-state index is 12.4. The van der Waals surface area contributed by atoms with E-state index in [-0.39, 0.29) is 5.82 Å². The molecule has 0 heterocycles. The molecule has 0 aliphatic heterocycles. The zero-order chi connectivity index (χ0) is 7.40. The van der Waals surface area contributed by atoms with E-state index in [1.807, 2.05) is 0 Å². The first-order chi connectivity index (χ1) is 4.83. The SMILES string of the molecule is CC#Cc1cc[c]c(F)c1. The molecular formula is C9H6F. The summed E-state index contributed by atoms with van der Waals surface area (Å²) < 4.78 is 12.4. The monoisotopic (exact) mass is 133 g/mol. The van der Waals surface area contributed by atoms with E-state index < -0.39 is 0 Å². The lowest BCUT2D eigenvalue weighted by atomic mass is 10.2. The van der Waals surface area contributed by atoms with Crippen molar-refractivity contribution in [3.63, 3.8) is 0 Å². The summed E-state index contributed by atoms with van der Waals surface area (Å²) in [4.78, 5) is 0. The Morgan fingerprint density at radius 2 is 2.40 bits per heavy atom. The maximum Gasteiger partial charge on any atom is 0.132 e. The summed E-state index contributed by atoms with van der Waals surface area (Å²) in [5.41, 5.74) is 0.693. The molecule has 49 valence electrons. The summed E-state index contributed by atoms with van der Waals surface area (Å²) in [5.74, 6) is 5.06. The Labute approximate surface area is 59.7 Å². The summed E-state index contributed by atoms with van der Waals surface area (Å²) in [7, 11) is 0. The van der Waals surface area contributed by atoms with Gasteiger partial charge in [0.25, 0.3) is 0 Å². The molecule has 1 radical (unpaired) electrons. The molecule has 0 N–H and O–H groups in total. The number of halogens is 1. The average molecular weight is 133 g/mol.